The Labute approximate surface area is 121 Å². The molecule has 0 heterocycles. The predicted molar refractivity (Wildman–Crippen MR) is 59.5 cm³/mol. The number of ether oxygens (including phenoxy) is 1. The van der Waals surface area contributed by atoms with E-state index in [0.29, 0.717) is 0 Å². The van der Waals surface area contributed by atoms with Crippen molar-refractivity contribution in [3.05, 3.63) is 24.8 Å². The van der Waals surface area contributed by atoms with E-state index < -0.39 is 39.8 Å². The van der Waals surface area contributed by atoms with Gasteiger partial charge in [-0.15, -0.1) is 6.58 Å². The molecule has 0 bridgehead atoms. The molecule has 0 aliphatic heterocycles. The first kappa shape index (κ1) is 20.4. The van der Waals surface area contributed by atoms with Crippen LogP contribution in [0.3, 0.4) is 0 Å². The summed E-state index contributed by atoms with van der Waals surface area (Å²) in [4.78, 5) is 11.1. The summed E-state index contributed by atoms with van der Waals surface area (Å²) in [6.07, 6.45) is -10.6. The van der Waals surface area contributed by atoms with Crippen molar-refractivity contribution in [2.45, 2.75) is 24.4 Å². The van der Waals surface area contributed by atoms with Gasteiger partial charge in [0.15, 0.2) is 0 Å². The zero-order valence-corrected chi connectivity index (χ0v) is 11.4. The van der Waals surface area contributed by atoms with Gasteiger partial charge in [-0.1, -0.05) is 12.2 Å². The van der Waals surface area contributed by atoms with Crippen molar-refractivity contribution in [2.75, 3.05) is 5.75 Å². The average molecular weight is 355 g/mol. The van der Waals surface area contributed by atoms with Crippen LogP contribution in [-0.2, 0) is 19.6 Å². The fourth-order valence-corrected chi connectivity index (χ4v) is 2.07. The summed E-state index contributed by atoms with van der Waals surface area (Å²) in [5.74, 6) is -5.13. The molecule has 0 N–H and O–H groups in total. The third-order valence-electron chi connectivity index (χ3n) is 2.13. The largest absolute Gasteiger partial charge is 0.748 e. The second-order valence-electron chi connectivity index (χ2n) is 3.87. The van der Waals surface area contributed by atoms with Crippen LogP contribution in [0.5, 0.6) is 0 Å². The van der Waals surface area contributed by atoms with Gasteiger partial charge in [0.25, 0.3) is 0 Å². The topological polar surface area (TPSA) is 83.5 Å². The van der Waals surface area contributed by atoms with Crippen LogP contribution in [0.15, 0.2) is 24.8 Å². The Morgan fingerprint density at radius 1 is 1.14 bits per heavy atom. The Morgan fingerprint density at radius 3 is 1.91 bits per heavy atom. The molecule has 0 spiro atoms. The molecule has 0 radical (unpaired) electrons. The number of esters is 1. The molecule has 0 unspecified atom stereocenters. The van der Waals surface area contributed by atoms with Gasteiger partial charge in [-0.25, -0.2) is 13.2 Å². The van der Waals surface area contributed by atoms with Gasteiger partial charge < -0.3 is 9.29 Å². The smallest absolute Gasteiger partial charge is 0.438 e. The van der Waals surface area contributed by atoms with Crippen LogP contribution >= 0.6 is 0 Å². The summed E-state index contributed by atoms with van der Waals surface area (Å²) >= 11 is 0. The zero-order chi connectivity index (χ0) is 17.8. The second-order valence-corrected chi connectivity index (χ2v) is 5.28. The third kappa shape index (κ3) is 5.33. The van der Waals surface area contributed by atoms with Crippen LogP contribution in [0.1, 0.15) is 6.42 Å². The van der Waals surface area contributed by atoms with Crippen LogP contribution in [0.2, 0.25) is 0 Å². The standard InChI is InChI=1S/C10H10F6O5S/c1-2-3-4-5-7(17)21-8(9(11,12)13,10(14,15)16)6-22(18,19)20/h2,4-5H,1,3,6H2,(H,18,19,20)/p-1/b5-4+. The highest BCUT2D eigenvalue weighted by Gasteiger charge is 2.75. The van der Waals surface area contributed by atoms with Crippen LogP contribution in [0.25, 0.3) is 0 Å². The quantitative estimate of drug-likeness (QED) is 0.239. The maximum atomic E-state index is 12.7. The Bertz CT molecular complexity index is 531. The summed E-state index contributed by atoms with van der Waals surface area (Å²) in [7, 11) is -6.03. The molecule has 5 nitrogen and oxygen atoms in total. The molecule has 12 heteroatoms. The molecular formula is C10H9F6O5S-. The monoisotopic (exact) mass is 355 g/mol. The van der Waals surface area contributed by atoms with E-state index in [1.807, 2.05) is 0 Å². The van der Waals surface area contributed by atoms with Crippen LogP contribution in [-0.4, -0.2) is 42.6 Å². The van der Waals surface area contributed by atoms with Gasteiger partial charge in [-0.3, -0.25) is 0 Å². The Morgan fingerprint density at radius 2 is 1.59 bits per heavy atom. The molecule has 22 heavy (non-hydrogen) atoms. The van der Waals surface area contributed by atoms with Gasteiger partial charge in [-0.05, 0) is 6.42 Å². The number of hydrogen-bond donors (Lipinski definition) is 0. The molecule has 0 aromatic heterocycles. The van der Waals surface area contributed by atoms with Gasteiger partial charge in [0.05, 0.1) is 15.9 Å². The van der Waals surface area contributed by atoms with E-state index in [2.05, 4.69) is 11.3 Å². The second kappa shape index (κ2) is 6.69. The lowest BCUT2D eigenvalue weighted by Crippen LogP contribution is -2.63. The molecule has 0 aromatic carbocycles. The summed E-state index contributed by atoms with van der Waals surface area (Å²) < 4.78 is 111. The summed E-state index contributed by atoms with van der Waals surface area (Å²) in [5, 5.41) is 0. The Hall–Kier alpha value is -1.56. The number of carbonyl (C=O) groups excluding carboxylic acids is 1. The van der Waals surface area contributed by atoms with E-state index in [4.69, 9.17) is 0 Å². The number of halogens is 6. The van der Waals surface area contributed by atoms with Crippen molar-refractivity contribution >= 4 is 16.1 Å². The number of alkyl halides is 6. The molecule has 0 saturated carbocycles. The maximum Gasteiger partial charge on any atom is 0.438 e. The number of allylic oxidation sites excluding steroid dienone is 2. The van der Waals surface area contributed by atoms with Gasteiger partial charge in [0.2, 0.25) is 0 Å². The molecule has 0 aromatic rings. The molecular weight excluding hydrogens is 346 g/mol. The third-order valence-corrected chi connectivity index (χ3v) is 2.89. The van der Waals surface area contributed by atoms with Gasteiger partial charge in [0.1, 0.15) is 0 Å². The highest BCUT2D eigenvalue weighted by atomic mass is 32.2. The van der Waals surface area contributed by atoms with E-state index in [9.17, 15) is 44.1 Å². The SMILES string of the molecule is C=CC/C=C/C(=O)OC(CS(=O)(=O)[O-])(C(F)(F)F)C(F)(F)F. The van der Waals surface area contributed by atoms with E-state index in [-0.39, 0.29) is 12.5 Å². The minimum Gasteiger partial charge on any atom is -0.748 e. The molecule has 0 atom stereocenters. The highest BCUT2D eigenvalue weighted by molar-refractivity contribution is 7.85. The van der Waals surface area contributed by atoms with E-state index in [1.54, 1.807) is 0 Å². The van der Waals surface area contributed by atoms with Gasteiger partial charge in [0, 0.05) is 6.08 Å². The van der Waals surface area contributed by atoms with Crippen LogP contribution in [0, 0.1) is 0 Å². The fourth-order valence-electron chi connectivity index (χ4n) is 1.18. The van der Waals surface area contributed by atoms with Crippen molar-refractivity contribution in [1.82, 2.24) is 0 Å². The van der Waals surface area contributed by atoms with E-state index in [0.717, 1.165) is 6.08 Å². The van der Waals surface area contributed by atoms with Crippen molar-refractivity contribution in [3.63, 3.8) is 0 Å². The summed E-state index contributed by atoms with van der Waals surface area (Å²) in [6.45, 7) is 3.18. The first-order valence-corrected chi connectivity index (χ1v) is 6.81. The van der Waals surface area contributed by atoms with Crippen molar-refractivity contribution in [3.8, 4) is 0 Å². The first-order chi connectivity index (χ1) is 9.66. The normalized spacial score (nSPS) is 14.1. The maximum absolute atomic E-state index is 12.7. The molecule has 128 valence electrons. The van der Waals surface area contributed by atoms with E-state index in [1.165, 1.54) is 6.08 Å². The Balaban J connectivity index is 5.87. The average Bonchev–Trinajstić information content (AvgIpc) is 2.23. The lowest BCUT2D eigenvalue weighted by molar-refractivity contribution is -0.360. The highest BCUT2D eigenvalue weighted by Crippen LogP contribution is 2.46. The molecule has 0 amide bonds. The lowest BCUT2D eigenvalue weighted by Gasteiger charge is -2.36. The van der Waals surface area contributed by atoms with Crippen molar-refractivity contribution in [1.29, 1.82) is 0 Å². The molecule has 0 rings (SSSR count). The van der Waals surface area contributed by atoms with Crippen molar-refractivity contribution in [2.24, 2.45) is 0 Å². The molecule has 0 fully saturated rings. The lowest BCUT2D eigenvalue weighted by atomic mass is 10.1. The summed E-state index contributed by atoms with van der Waals surface area (Å²) in [5.41, 5.74) is -5.45. The fraction of sp³-hybridized carbons (Fsp3) is 0.500. The number of carbonyl (C=O) groups is 1. The van der Waals surface area contributed by atoms with Crippen molar-refractivity contribution < 1.29 is 48.8 Å². The zero-order valence-electron chi connectivity index (χ0n) is 10.6. The minimum atomic E-state index is -6.37. The molecule has 0 saturated heterocycles. The van der Waals surface area contributed by atoms with Gasteiger partial charge in [-0.2, -0.15) is 26.3 Å². The van der Waals surface area contributed by atoms with E-state index >= 15 is 0 Å². The molecule has 0 aliphatic carbocycles. The number of rotatable bonds is 6. The minimum absolute atomic E-state index is 0.0695. The van der Waals surface area contributed by atoms with Crippen LogP contribution < -0.4 is 0 Å². The van der Waals surface area contributed by atoms with Crippen LogP contribution in [0.4, 0.5) is 26.3 Å². The first-order valence-electron chi connectivity index (χ1n) is 5.24. The van der Waals surface area contributed by atoms with Gasteiger partial charge >= 0.3 is 23.9 Å². The predicted octanol–water partition coefficient (Wildman–Crippen LogP) is 2.07. The number of hydrogen-bond acceptors (Lipinski definition) is 5. The Kier molecular flexibility index (Phi) is 6.21. The summed E-state index contributed by atoms with van der Waals surface area (Å²) in [6, 6.07) is 0. The molecule has 0 aliphatic rings.